The number of rotatable bonds is 8. The first kappa shape index (κ1) is 15.3. The van der Waals surface area contributed by atoms with Gasteiger partial charge < -0.3 is 10.2 Å². The highest BCUT2D eigenvalue weighted by atomic mass is 16.3. The van der Waals surface area contributed by atoms with Crippen LogP contribution in [0.1, 0.15) is 50.7 Å². The first-order chi connectivity index (χ1) is 8.64. The van der Waals surface area contributed by atoms with E-state index in [0.717, 1.165) is 37.1 Å². The van der Waals surface area contributed by atoms with Crippen LogP contribution in [0.3, 0.4) is 0 Å². The Balaban J connectivity index is 2.61. The number of nitrogens with zero attached hydrogens (tertiary/aromatic N) is 1. The Hall–Kier alpha value is -0.800. The molecular formula is C15H28N2O. The molecule has 0 aliphatic heterocycles. The zero-order valence-electron chi connectivity index (χ0n) is 12.3. The Labute approximate surface area is 111 Å². The summed E-state index contributed by atoms with van der Waals surface area (Å²) < 4.78 is 5.78. The lowest BCUT2D eigenvalue weighted by Gasteiger charge is -2.24. The van der Waals surface area contributed by atoms with Gasteiger partial charge in [0.15, 0.2) is 0 Å². The van der Waals surface area contributed by atoms with E-state index in [1.807, 2.05) is 0 Å². The Morgan fingerprint density at radius 2 is 1.94 bits per heavy atom. The predicted molar refractivity (Wildman–Crippen MR) is 76.4 cm³/mol. The topological polar surface area (TPSA) is 42.4 Å². The number of furan rings is 1. The van der Waals surface area contributed by atoms with Crippen molar-refractivity contribution in [3.05, 3.63) is 23.2 Å². The van der Waals surface area contributed by atoms with Crippen molar-refractivity contribution in [2.75, 3.05) is 13.1 Å². The summed E-state index contributed by atoms with van der Waals surface area (Å²) >= 11 is 0. The summed E-state index contributed by atoms with van der Waals surface area (Å²) in [5, 5.41) is 0. The number of aryl methyl sites for hydroxylation is 1. The molecule has 0 aliphatic carbocycles. The fraction of sp³-hybridized carbons (Fsp3) is 0.733. The lowest BCUT2D eigenvalue weighted by atomic mass is 10.0. The van der Waals surface area contributed by atoms with Crippen molar-refractivity contribution in [3.63, 3.8) is 0 Å². The quantitative estimate of drug-likeness (QED) is 0.772. The van der Waals surface area contributed by atoms with E-state index in [4.69, 9.17) is 10.2 Å². The molecule has 0 amide bonds. The third-order valence-corrected chi connectivity index (χ3v) is 3.75. The van der Waals surface area contributed by atoms with E-state index >= 15 is 0 Å². The van der Waals surface area contributed by atoms with E-state index in [2.05, 4.69) is 38.7 Å². The molecular weight excluding hydrogens is 224 g/mol. The molecule has 3 nitrogen and oxygen atoms in total. The van der Waals surface area contributed by atoms with E-state index in [1.54, 1.807) is 0 Å². The molecule has 0 fully saturated rings. The van der Waals surface area contributed by atoms with Crippen molar-refractivity contribution < 1.29 is 4.42 Å². The summed E-state index contributed by atoms with van der Waals surface area (Å²) in [5.74, 6) is 2.75. The fourth-order valence-corrected chi connectivity index (χ4v) is 2.31. The van der Waals surface area contributed by atoms with E-state index < -0.39 is 0 Å². The minimum atomic E-state index is 0.491. The minimum absolute atomic E-state index is 0.491. The van der Waals surface area contributed by atoms with Gasteiger partial charge in [-0.2, -0.15) is 0 Å². The van der Waals surface area contributed by atoms with Gasteiger partial charge in [-0.15, -0.1) is 0 Å². The van der Waals surface area contributed by atoms with Crippen molar-refractivity contribution in [2.24, 2.45) is 11.7 Å². The number of hydrogen-bond acceptors (Lipinski definition) is 3. The summed E-state index contributed by atoms with van der Waals surface area (Å²) in [6.07, 6.45) is 2.50. The van der Waals surface area contributed by atoms with Crippen LogP contribution in [0.15, 0.2) is 10.5 Å². The van der Waals surface area contributed by atoms with Crippen molar-refractivity contribution >= 4 is 0 Å². The van der Waals surface area contributed by atoms with Gasteiger partial charge in [0, 0.05) is 6.54 Å². The SMILES string of the molecule is CCC(CC)CN(CC)Cc1cc(C)c(CN)o1. The van der Waals surface area contributed by atoms with Crippen LogP contribution >= 0.6 is 0 Å². The Morgan fingerprint density at radius 1 is 1.28 bits per heavy atom. The van der Waals surface area contributed by atoms with Crippen molar-refractivity contribution in [1.82, 2.24) is 4.90 Å². The van der Waals surface area contributed by atoms with Crippen LogP contribution in [0.4, 0.5) is 0 Å². The van der Waals surface area contributed by atoms with Crippen molar-refractivity contribution in [3.8, 4) is 0 Å². The average molecular weight is 252 g/mol. The molecule has 1 aromatic rings. The molecule has 2 N–H and O–H groups in total. The van der Waals surface area contributed by atoms with E-state index in [0.29, 0.717) is 6.54 Å². The summed E-state index contributed by atoms with van der Waals surface area (Å²) in [7, 11) is 0. The van der Waals surface area contributed by atoms with E-state index in [1.165, 1.54) is 18.4 Å². The monoisotopic (exact) mass is 252 g/mol. The molecule has 0 spiro atoms. The molecule has 0 radical (unpaired) electrons. The van der Waals surface area contributed by atoms with Crippen molar-refractivity contribution in [1.29, 1.82) is 0 Å². The molecule has 0 unspecified atom stereocenters. The Morgan fingerprint density at radius 3 is 2.39 bits per heavy atom. The summed E-state index contributed by atoms with van der Waals surface area (Å²) in [6.45, 7) is 12.4. The van der Waals surface area contributed by atoms with Gasteiger partial charge in [-0.25, -0.2) is 0 Å². The molecule has 0 aromatic carbocycles. The molecule has 1 aromatic heterocycles. The van der Waals surface area contributed by atoms with E-state index in [9.17, 15) is 0 Å². The largest absolute Gasteiger partial charge is 0.463 e. The second-order valence-electron chi connectivity index (χ2n) is 5.03. The molecule has 1 heterocycles. The Bertz CT molecular complexity index is 342. The number of hydrogen-bond donors (Lipinski definition) is 1. The van der Waals surface area contributed by atoms with Gasteiger partial charge in [0.05, 0.1) is 13.1 Å². The highest BCUT2D eigenvalue weighted by Crippen LogP contribution is 2.17. The zero-order valence-corrected chi connectivity index (χ0v) is 12.3. The van der Waals surface area contributed by atoms with Gasteiger partial charge in [0.2, 0.25) is 0 Å². The molecule has 1 rings (SSSR count). The third kappa shape index (κ3) is 4.14. The second kappa shape index (κ2) is 7.59. The van der Waals surface area contributed by atoms with Gasteiger partial charge in [0.25, 0.3) is 0 Å². The molecule has 0 saturated heterocycles. The molecule has 0 saturated carbocycles. The van der Waals surface area contributed by atoms with Gasteiger partial charge >= 0.3 is 0 Å². The smallest absolute Gasteiger partial charge is 0.120 e. The minimum Gasteiger partial charge on any atom is -0.463 e. The van der Waals surface area contributed by atoms with Crippen LogP contribution < -0.4 is 5.73 Å². The maximum atomic E-state index is 5.78. The highest BCUT2D eigenvalue weighted by Gasteiger charge is 2.13. The van der Waals surface area contributed by atoms with Crippen LogP contribution in [-0.2, 0) is 13.1 Å². The molecule has 0 aliphatic rings. The molecule has 3 heteroatoms. The van der Waals surface area contributed by atoms with Gasteiger partial charge in [0.1, 0.15) is 11.5 Å². The summed E-state index contributed by atoms with van der Waals surface area (Å²) in [4.78, 5) is 2.45. The van der Waals surface area contributed by atoms with Crippen LogP contribution in [0.25, 0.3) is 0 Å². The van der Waals surface area contributed by atoms with Gasteiger partial charge in [-0.05, 0) is 31.0 Å². The fourth-order valence-electron chi connectivity index (χ4n) is 2.31. The summed E-state index contributed by atoms with van der Waals surface area (Å²) in [6, 6.07) is 2.12. The summed E-state index contributed by atoms with van der Waals surface area (Å²) in [5.41, 5.74) is 6.82. The first-order valence-corrected chi connectivity index (χ1v) is 7.15. The van der Waals surface area contributed by atoms with E-state index in [-0.39, 0.29) is 0 Å². The molecule has 0 atom stereocenters. The highest BCUT2D eigenvalue weighted by molar-refractivity contribution is 5.19. The predicted octanol–water partition coefficient (Wildman–Crippen LogP) is 3.30. The third-order valence-electron chi connectivity index (χ3n) is 3.75. The number of nitrogens with two attached hydrogens (primary N) is 1. The molecule has 18 heavy (non-hydrogen) atoms. The van der Waals surface area contributed by atoms with Gasteiger partial charge in [-0.1, -0.05) is 33.6 Å². The van der Waals surface area contributed by atoms with Crippen LogP contribution in [0, 0.1) is 12.8 Å². The second-order valence-corrected chi connectivity index (χ2v) is 5.03. The van der Waals surface area contributed by atoms with Crippen LogP contribution in [0.5, 0.6) is 0 Å². The first-order valence-electron chi connectivity index (χ1n) is 7.15. The zero-order chi connectivity index (χ0) is 13.5. The average Bonchev–Trinajstić information content (AvgIpc) is 2.74. The van der Waals surface area contributed by atoms with Crippen molar-refractivity contribution in [2.45, 2.75) is 53.6 Å². The maximum Gasteiger partial charge on any atom is 0.120 e. The standard InChI is InChI=1S/C15H28N2O/c1-5-13(6-2)10-17(7-3)11-14-8-12(4)15(9-16)18-14/h8,13H,5-7,9-11,16H2,1-4H3. The van der Waals surface area contributed by atoms with Crippen LogP contribution in [-0.4, -0.2) is 18.0 Å². The maximum absolute atomic E-state index is 5.78. The Kier molecular flexibility index (Phi) is 6.44. The van der Waals surface area contributed by atoms with Gasteiger partial charge in [-0.3, -0.25) is 4.90 Å². The lowest BCUT2D eigenvalue weighted by molar-refractivity contribution is 0.209. The molecule has 0 bridgehead atoms. The normalized spacial score (nSPS) is 11.7. The lowest BCUT2D eigenvalue weighted by Crippen LogP contribution is -2.28. The van der Waals surface area contributed by atoms with Crippen LogP contribution in [0.2, 0.25) is 0 Å². The molecule has 104 valence electrons.